The average Bonchev–Trinajstić information content (AvgIpc) is 2.87. The van der Waals surface area contributed by atoms with Crippen LogP contribution in [0.25, 0.3) is 0 Å². The fourth-order valence-corrected chi connectivity index (χ4v) is 3.76. The smallest absolute Gasteiger partial charge is 0.300 e. The van der Waals surface area contributed by atoms with Crippen molar-refractivity contribution in [2.75, 3.05) is 30.3 Å². The molecule has 10 nitrogen and oxygen atoms in total. The van der Waals surface area contributed by atoms with Crippen molar-refractivity contribution in [3.63, 3.8) is 0 Å². The molecule has 0 fully saturated rings. The normalized spacial score (nSPS) is 11.3. The number of carbonyl (C=O) groups excluding carboxylic acids is 1. The third-order valence-electron chi connectivity index (χ3n) is 5.12. The predicted octanol–water partition coefficient (Wildman–Crippen LogP) is 2.81. The van der Waals surface area contributed by atoms with E-state index in [1.54, 1.807) is 6.92 Å². The van der Waals surface area contributed by atoms with Gasteiger partial charge in [0.2, 0.25) is 0 Å². The topological polar surface area (TPSA) is 142 Å². The van der Waals surface area contributed by atoms with Crippen molar-refractivity contribution in [1.82, 2.24) is 15.2 Å². The summed E-state index contributed by atoms with van der Waals surface area (Å²) >= 11 is 0. The first kappa shape index (κ1) is 28.8. The molecule has 0 aliphatic rings. The number of pyridine rings is 1. The molecule has 0 aliphatic carbocycles. The van der Waals surface area contributed by atoms with Crippen LogP contribution in [-0.4, -0.2) is 44.7 Å². The van der Waals surface area contributed by atoms with Gasteiger partial charge in [-0.3, -0.25) is 14.4 Å². The first-order chi connectivity index (χ1) is 18.0. The Morgan fingerprint density at radius 1 is 1.05 bits per heavy atom. The van der Waals surface area contributed by atoms with Crippen molar-refractivity contribution < 1.29 is 40.7 Å². The van der Waals surface area contributed by atoms with Gasteiger partial charge in [-0.05, 0) is 47.9 Å². The lowest BCUT2D eigenvalue weighted by atomic mass is 9.99. The van der Waals surface area contributed by atoms with Crippen LogP contribution in [0, 0.1) is 30.2 Å². The minimum Gasteiger partial charge on any atom is -0.394 e. The predicted molar refractivity (Wildman–Crippen MR) is 130 cm³/mol. The maximum atomic E-state index is 15.3. The number of amides is 1. The quantitative estimate of drug-likeness (QED) is 0.139. The molecule has 0 radical (unpaired) electrons. The van der Waals surface area contributed by atoms with Crippen molar-refractivity contribution in [1.29, 1.82) is 0 Å². The highest BCUT2D eigenvalue weighted by molar-refractivity contribution is 7.90. The Hall–Kier alpha value is -3.79. The van der Waals surface area contributed by atoms with Crippen molar-refractivity contribution in [2.24, 2.45) is 0 Å². The standard InChI is InChI=1S/C23H23F4N5O5S/c1-12-3-4-17(16(24)9-12)30-21-15(23(34)31-37-8-7-33)11-14(18(25)20(21)27)10-13-5-6-29-22(19(13)26)32-38(35,36)28-2/h3-6,9,11,28,30,33H,7-8,10H2,1-2H3,(H,29,32)(H,31,34). The molecule has 3 rings (SSSR count). The Balaban J connectivity index is 2.07. The molecule has 0 aliphatic heterocycles. The molecule has 0 unspecified atom stereocenters. The maximum Gasteiger partial charge on any atom is 0.300 e. The van der Waals surface area contributed by atoms with E-state index in [1.165, 1.54) is 12.1 Å². The maximum absolute atomic E-state index is 15.3. The fourth-order valence-electron chi connectivity index (χ4n) is 3.26. The Morgan fingerprint density at radius 2 is 1.79 bits per heavy atom. The zero-order valence-corrected chi connectivity index (χ0v) is 20.8. The van der Waals surface area contributed by atoms with E-state index < -0.39 is 75.0 Å². The van der Waals surface area contributed by atoms with Gasteiger partial charge in [0.1, 0.15) is 5.82 Å². The summed E-state index contributed by atoms with van der Waals surface area (Å²) in [5.41, 5.74) is 0.235. The van der Waals surface area contributed by atoms with E-state index in [0.717, 1.165) is 31.4 Å². The van der Waals surface area contributed by atoms with Crippen molar-refractivity contribution >= 4 is 33.3 Å². The molecule has 5 N–H and O–H groups in total. The van der Waals surface area contributed by atoms with E-state index in [2.05, 4.69) is 10.3 Å². The summed E-state index contributed by atoms with van der Waals surface area (Å²) in [6.07, 6.45) is 0.426. The molecule has 0 saturated heterocycles. The highest BCUT2D eigenvalue weighted by Gasteiger charge is 2.25. The van der Waals surface area contributed by atoms with Crippen LogP contribution in [0.4, 0.5) is 34.8 Å². The molecule has 0 saturated carbocycles. The molecule has 204 valence electrons. The fraction of sp³-hybridized carbons (Fsp3) is 0.217. The number of carbonyl (C=O) groups is 1. The van der Waals surface area contributed by atoms with Crippen LogP contribution < -0.4 is 20.2 Å². The summed E-state index contributed by atoms with van der Waals surface area (Å²) in [5.74, 6) is -6.77. The minimum absolute atomic E-state index is 0.256. The van der Waals surface area contributed by atoms with E-state index in [1.807, 2.05) is 14.9 Å². The third-order valence-corrected chi connectivity index (χ3v) is 6.12. The van der Waals surface area contributed by atoms with E-state index in [9.17, 15) is 22.0 Å². The lowest BCUT2D eigenvalue weighted by molar-refractivity contribution is 0.0168. The van der Waals surface area contributed by atoms with Crippen LogP contribution in [0.15, 0.2) is 36.5 Å². The monoisotopic (exact) mass is 557 g/mol. The SMILES string of the molecule is CNS(=O)(=O)Nc1nccc(Cc2cc(C(=O)NOCCO)c(Nc3ccc(C)cc3F)c(F)c2F)c1F. The molecule has 0 atom stereocenters. The molecule has 3 aromatic rings. The van der Waals surface area contributed by atoms with Gasteiger partial charge in [0.15, 0.2) is 23.3 Å². The number of benzene rings is 2. The average molecular weight is 558 g/mol. The summed E-state index contributed by atoms with van der Waals surface area (Å²) in [6.45, 7) is 0.849. The lowest BCUT2D eigenvalue weighted by Gasteiger charge is -2.17. The van der Waals surface area contributed by atoms with Gasteiger partial charge in [0, 0.05) is 19.7 Å². The Labute approximate surface area is 215 Å². The third kappa shape index (κ3) is 6.74. The number of hydrogen-bond donors (Lipinski definition) is 5. The number of aryl methyl sites for hydroxylation is 1. The zero-order valence-electron chi connectivity index (χ0n) is 20.0. The molecule has 0 spiro atoms. The van der Waals surface area contributed by atoms with Gasteiger partial charge in [-0.2, -0.15) is 8.42 Å². The molecule has 1 amide bonds. The summed E-state index contributed by atoms with van der Waals surface area (Å²) in [5, 5.41) is 11.2. The number of nitrogens with zero attached hydrogens (tertiary/aromatic N) is 1. The van der Waals surface area contributed by atoms with Crippen molar-refractivity contribution in [2.45, 2.75) is 13.3 Å². The van der Waals surface area contributed by atoms with Crippen LogP contribution in [0.5, 0.6) is 0 Å². The number of nitrogens with one attached hydrogen (secondary N) is 4. The lowest BCUT2D eigenvalue weighted by Crippen LogP contribution is -2.27. The first-order valence-electron chi connectivity index (χ1n) is 10.9. The van der Waals surface area contributed by atoms with E-state index in [0.29, 0.717) is 5.56 Å². The number of aliphatic hydroxyl groups excluding tert-OH is 1. The molecule has 38 heavy (non-hydrogen) atoms. The number of rotatable bonds is 11. The highest BCUT2D eigenvalue weighted by atomic mass is 32.2. The molecular weight excluding hydrogens is 534 g/mol. The zero-order chi connectivity index (χ0) is 28.0. The number of hydrogen-bond acceptors (Lipinski definition) is 7. The van der Waals surface area contributed by atoms with E-state index in [4.69, 9.17) is 9.94 Å². The second kappa shape index (κ2) is 12.2. The number of anilines is 3. The van der Waals surface area contributed by atoms with Crippen LogP contribution >= 0.6 is 0 Å². The molecule has 1 heterocycles. The summed E-state index contributed by atoms with van der Waals surface area (Å²) < 4.78 is 87.0. The van der Waals surface area contributed by atoms with Crippen LogP contribution in [0.3, 0.4) is 0 Å². The van der Waals surface area contributed by atoms with Gasteiger partial charge in [-0.15, -0.1) is 0 Å². The van der Waals surface area contributed by atoms with Gasteiger partial charge in [0.25, 0.3) is 16.1 Å². The Kier molecular flexibility index (Phi) is 9.22. The first-order valence-corrected chi connectivity index (χ1v) is 12.4. The minimum atomic E-state index is -4.13. The van der Waals surface area contributed by atoms with Crippen LogP contribution in [-0.2, 0) is 21.5 Å². The summed E-state index contributed by atoms with van der Waals surface area (Å²) in [6, 6.07) is 5.93. The molecule has 2 aromatic carbocycles. The van der Waals surface area contributed by atoms with Gasteiger partial charge in [-0.1, -0.05) is 6.07 Å². The largest absolute Gasteiger partial charge is 0.394 e. The molecule has 1 aromatic heterocycles. The van der Waals surface area contributed by atoms with Gasteiger partial charge in [-0.25, -0.2) is 32.7 Å². The van der Waals surface area contributed by atoms with Gasteiger partial charge >= 0.3 is 0 Å². The Bertz CT molecular complexity index is 1460. The second-order valence-electron chi connectivity index (χ2n) is 7.82. The van der Waals surface area contributed by atoms with Crippen molar-refractivity contribution in [3.05, 3.63) is 82.1 Å². The number of aliphatic hydroxyl groups is 1. The summed E-state index contributed by atoms with van der Waals surface area (Å²) in [7, 11) is -3.05. The Morgan fingerprint density at radius 3 is 2.45 bits per heavy atom. The van der Waals surface area contributed by atoms with Crippen LogP contribution in [0.1, 0.15) is 27.0 Å². The molecule has 15 heteroatoms. The molecular formula is C23H23F4N5O5S. The van der Waals surface area contributed by atoms with Gasteiger partial charge < -0.3 is 10.4 Å². The second-order valence-corrected chi connectivity index (χ2v) is 9.44. The van der Waals surface area contributed by atoms with E-state index >= 15 is 8.78 Å². The summed E-state index contributed by atoms with van der Waals surface area (Å²) in [4.78, 5) is 21.1. The number of aromatic nitrogens is 1. The van der Waals surface area contributed by atoms with Crippen LogP contribution in [0.2, 0.25) is 0 Å². The number of hydroxylamine groups is 1. The molecule has 0 bridgehead atoms. The van der Waals surface area contributed by atoms with E-state index in [-0.39, 0.29) is 17.9 Å². The van der Waals surface area contributed by atoms with Crippen molar-refractivity contribution in [3.8, 4) is 0 Å². The highest BCUT2D eigenvalue weighted by Crippen LogP contribution is 2.32. The number of halogens is 4. The van der Waals surface area contributed by atoms with Gasteiger partial charge in [0.05, 0.1) is 30.2 Å².